The van der Waals surface area contributed by atoms with Gasteiger partial charge >= 0.3 is 6.18 Å². The van der Waals surface area contributed by atoms with Crippen molar-refractivity contribution < 1.29 is 18.0 Å². The van der Waals surface area contributed by atoms with Crippen LogP contribution in [0.1, 0.15) is 21.7 Å². The number of aromatic nitrogens is 3. The summed E-state index contributed by atoms with van der Waals surface area (Å²) in [6, 6.07) is 5.13. The van der Waals surface area contributed by atoms with Crippen LogP contribution in [0, 0.1) is 0 Å². The maximum absolute atomic E-state index is 12.8. The van der Waals surface area contributed by atoms with Crippen LogP contribution >= 0.6 is 0 Å². The first-order chi connectivity index (χ1) is 8.88. The lowest BCUT2D eigenvalue weighted by molar-refractivity contribution is -0.138. The van der Waals surface area contributed by atoms with Gasteiger partial charge in [0.1, 0.15) is 6.33 Å². The fourth-order valence-electron chi connectivity index (χ4n) is 1.59. The van der Waals surface area contributed by atoms with Crippen molar-refractivity contribution in [3.63, 3.8) is 0 Å². The average Bonchev–Trinajstić information content (AvgIpc) is 2.77. The van der Waals surface area contributed by atoms with E-state index in [9.17, 15) is 18.0 Å². The Kier molecular flexibility index (Phi) is 3.24. The van der Waals surface area contributed by atoms with Crippen molar-refractivity contribution >= 4 is 5.91 Å². The van der Waals surface area contributed by atoms with Gasteiger partial charge in [0.15, 0.2) is 0 Å². The van der Waals surface area contributed by atoms with Crippen molar-refractivity contribution in [3.05, 3.63) is 47.5 Å². The van der Waals surface area contributed by atoms with Crippen LogP contribution in [0.15, 0.2) is 30.6 Å². The molecule has 0 spiro atoms. The second-order valence-corrected chi connectivity index (χ2v) is 3.78. The lowest BCUT2D eigenvalue weighted by Gasteiger charge is -2.12. The number of benzene rings is 1. The summed E-state index contributed by atoms with van der Waals surface area (Å²) in [4.78, 5) is 14.4. The summed E-state index contributed by atoms with van der Waals surface area (Å²) in [5, 5.41) is 3.69. The summed E-state index contributed by atoms with van der Waals surface area (Å²) in [7, 11) is 0. The third kappa shape index (κ3) is 2.90. The molecule has 1 aromatic carbocycles. The highest BCUT2D eigenvalue weighted by Gasteiger charge is 2.32. The van der Waals surface area contributed by atoms with Crippen LogP contribution in [0.4, 0.5) is 13.2 Å². The number of primary amides is 1. The Bertz CT molecular complexity index is 606. The molecular formula is C11H9F3N4O. The van der Waals surface area contributed by atoms with E-state index in [4.69, 9.17) is 5.73 Å². The van der Waals surface area contributed by atoms with Crippen molar-refractivity contribution in [2.75, 3.05) is 0 Å². The van der Waals surface area contributed by atoms with Gasteiger partial charge < -0.3 is 5.73 Å². The molecule has 1 aromatic heterocycles. The molecule has 2 rings (SSSR count). The standard InChI is InChI=1S/C11H9F3N4O/c12-11(13,14)8-4-2-1-3-7(8)5-18-6-16-10(17-18)9(15)19/h1-4,6H,5H2,(H2,15,19). The molecule has 1 amide bonds. The van der Waals surface area contributed by atoms with Crippen LogP contribution in [0.5, 0.6) is 0 Å². The van der Waals surface area contributed by atoms with E-state index in [1.54, 1.807) is 0 Å². The number of hydrogen-bond donors (Lipinski definition) is 1. The summed E-state index contributed by atoms with van der Waals surface area (Å²) in [6.07, 6.45) is -3.28. The highest BCUT2D eigenvalue weighted by atomic mass is 19.4. The Morgan fingerprint density at radius 3 is 2.58 bits per heavy atom. The first-order valence-corrected chi connectivity index (χ1v) is 5.22. The summed E-state index contributed by atoms with van der Waals surface area (Å²) in [6.45, 7) is -0.143. The monoisotopic (exact) mass is 270 g/mol. The third-order valence-electron chi connectivity index (χ3n) is 2.41. The van der Waals surface area contributed by atoms with Gasteiger partial charge in [0.2, 0.25) is 5.82 Å². The van der Waals surface area contributed by atoms with Crippen molar-refractivity contribution in [1.29, 1.82) is 0 Å². The smallest absolute Gasteiger partial charge is 0.363 e. The summed E-state index contributed by atoms with van der Waals surface area (Å²) in [5.74, 6) is -1.06. The molecule has 0 atom stereocenters. The molecule has 0 unspecified atom stereocenters. The quantitative estimate of drug-likeness (QED) is 0.917. The van der Waals surface area contributed by atoms with E-state index in [-0.39, 0.29) is 17.9 Å². The molecule has 2 N–H and O–H groups in total. The van der Waals surface area contributed by atoms with Crippen LogP contribution < -0.4 is 5.73 Å². The lowest BCUT2D eigenvalue weighted by atomic mass is 10.1. The third-order valence-corrected chi connectivity index (χ3v) is 2.41. The highest BCUT2D eigenvalue weighted by Crippen LogP contribution is 2.32. The minimum atomic E-state index is -4.44. The van der Waals surface area contributed by atoms with E-state index in [1.165, 1.54) is 18.2 Å². The molecule has 0 aliphatic rings. The number of alkyl halides is 3. The maximum atomic E-state index is 12.8. The first-order valence-electron chi connectivity index (χ1n) is 5.22. The minimum Gasteiger partial charge on any atom is -0.363 e. The molecule has 19 heavy (non-hydrogen) atoms. The Labute approximate surface area is 105 Å². The molecular weight excluding hydrogens is 261 g/mol. The van der Waals surface area contributed by atoms with Crippen molar-refractivity contribution in [2.24, 2.45) is 5.73 Å². The molecule has 100 valence electrons. The number of halogens is 3. The van der Waals surface area contributed by atoms with Gasteiger partial charge in [0, 0.05) is 0 Å². The van der Waals surface area contributed by atoms with Gasteiger partial charge in [-0.2, -0.15) is 13.2 Å². The molecule has 1 heterocycles. The topological polar surface area (TPSA) is 73.8 Å². The molecule has 0 radical (unpaired) electrons. The van der Waals surface area contributed by atoms with Gasteiger partial charge in [-0.15, -0.1) is 5.10 Å². The van der Waals surface area contributed by atoms with Crippen LogP contribution in [-0.4, -0.2) is 20.7 Å². The molecule has 0 bridgehead atoms. The van der Waals surface area contributed by atoms with E-state index >= 15 is 0 Å². The van der Waals surface area contributed by atoms with Gasteiger partial charge in [0.25, 0.3) is 5.91 Å². The Hall–Kier alpha value is -2.38. The number of rotatable bonds is 3. The number of nitrogens with two attached hydrogens (primary N) is 1. The van der Waals surface area contributed by atoms with E-state index in [0.717, 1.165) is 17.1 Å². The molecule has 0 aliphatic heterocycles. The van der Waals surface area contributed by atoms with E-state index in [0.29, 0.717) is 0 Å². The number of nitrogens with zero attached hydrogens (tertiary/aromatic N) is 3. The molecule has 8 heteroatoms. The van der Waals surface area contributed by atoms with Crippen LogP contribution in [-0.2, 0) is 12.7 Å². The maximum Gasteiger partial charge on any atom is 0.416 e. The molecule has 0 aliphatic carbocycles. The van der Waals surface area contributed by atoms with Crippen LogP contribution in [0.3, 0.4) is 0 Å². The molecule has 0 saturated carbocycles. The van der Waals surface area contributed by atoms with Crippen molar-refractivity contribution in [3.8, 4) is 0 Å². The lowest BCUT2D eigenvalue weighted by Crippen LogP contribution is -2.15. The zero-order valence-corrected chi connectivity index (χ0v) is 9.55. The molecule has 0 saturated heterocycles. The number of amides is 1. The number of carbonyl (C=O) groups excluding carboxylic acids is 1. The Morgan fingerprint density at radius 2 is 2.00 bits per heavy atom. The second kappa shape index (κ2) is 4.71. The molecule has 0 fully saturated rings. The zero-order valence-electron chi connectivity index (χ0n) is 9.55. The highest BCUT2D eigenvalue weighted by molar-refractivity contribution is 5.88. The summed E-state index contributed by atoms with van der Waals surface area (Å²) >= 11 is 0. The van der Waals surface area contributed by atoms with E-state index < -0.39 is 17.6 Å². The fraction of sp³-hybridized carbons (Fsp3) is 0.182. The van der Waals surface area contributed by atoms with Gasteiger partial charge in [-0.3, -0.25) is 4.79 Å². The first kappa shape index (κ1) is 13.1. The van der Waals surface area contributed by atoms with E-state index in [2.05, 4.69) is 10.1 Å². The Balaban J connectivity index is 2.30. The normalized spacial score (nSPS) is 11.5. The van der Waals surface area contributed by atoms with Gasteiger partial charge in [-0.05, 0) is 11.6 Å². The van der Waals surface area contributed by atoms with Gasteiger partial charge in [-0.1, -0.05) is 18.2 Å². The predicted octanol–water partition coefficient (Wildman–Crippen LogP) is 1.44. The second-order valence-electron chi connectivity index (χ2n) is 3.78. The predicted molar refractivity (Wildman–Crippen MR) is 59.1 cm³/mol. The average molecular weight is 270 g/mol. The van der Waals surface area contributed by atoms with Gasteiger partial charge in [0.05, 0.1) is 12.1 Å². The summed E-state index contributed by atoms with van der Waals surface area (Å²) in [5.41, 5.74) is 4.26. The molecule has 2 aromatic rings. The van der Waals surface area contributed by atoms with Crippen LogP contribution in [0.25, 0.3) is 0 Å². The fourth-order valence-corrected chi connectivity index (χ4v) is 1.59. The van der Waals surface area contributed by atoms with Crippen LogP contribution in [0.2, 0.25) is 0 Å². The SMILES string of the molecule is NC(=O)c1ncn(Cc2ccccc2C(F)(F)F)n1. The summed E-state index contributed by atoms with van der Waals surface area (Å²) < 4.78 is 39.4. The largest absolute Gasteiger partial charge is 0.416 e. The van der Waals surface area contributed by atoms with E-state index in [1.807, 2.05) is 0 Å². The van der Waals surface area contributed by atoms with Gasteiger partial charge in [-0.25, -0.2) is 9.67 Å². The number of carbonyl (C=O) groups is 1. The Morgan fingerprint density at radius 1 is 1.32 bits per heavy atom. The molecule has 5 nitrogen and oxygen atoms in total. The van der Waals surface area contributed by atoms with Crippen molar-refractivity contribution in [2.45, 2.75) is 12.7 Å². The number of hydrogen-bond acceptors (Lipinski definition) is 3. The zero-order chi connectivity index (χ0) is 14.0. The van der Waals surface area contributed by atoms with Crippen molar-refractivity contribution in [1.82, 2.24) is 14.8 Å². The minimum absolute atomic E-state index is 0.0379.